The van der Waals surface area contributed by atoms with Crippen LogP contribution in [-0.2, 0) is 4.74 Å². The summed E-state index contributed by atoms with van der Waals surface area (Å²) >= 11 is 0. The van der Waals surface area contributed by atoms with Crippen molar-refractivity contribution < 1.29 is 22.4 Å². The monoisotopic (exact) mass is 326 g/mol. The zero-order valence-electron chi connectivity index (χ0n) is 13.0. The molecular weight excluding hydrogens is 309 g/mol. The van der Waals surface area contributed by atoms with Gasteiger partial charge in [-0.3, -0.25) is 0 Å². The Morgan fingerprint density at radius 1 is 1.30 bits per heavy atom. The zero-order chi connectivity index (χ0) is 17.0. The van der Waals surface area contributed by atoms with E-state index in [2.05, 4.69) is 14.9 Å². The first-order valence-electron chi connectivity index (χ1n) is 7.02. The van der Waals surface area contributed by atoms with Gasteiger partial charge in [0, 0.05) is 5.57 Å². The summed E-state index contributed by atoms with van der Waals surface area (Å²) in [5, 5.41) is 3.67. The molecule has 1 unspecified atom stereocenters. The van der Waals surface area contributed by atoms with Gasteiger partial charge in [0.05, 0.1) is 0 Å². The molecule has 0 aliphatic rings. The van der Waals surface area contributed by atoms with E-state index in [1.165, 1.54) is 6.92 Å². The van der Waals surface area contributed by atoms with E-state index in [9.17, 15) is 13.2 Å². The molecule has 0 bridgehead atoms. The fourth-order valence-corrected chi connectivity index (χ4v) is 1.83. The van der Waals surface area contributed by atoms with Crippen molar-refractivity contribution in [3.8, 4) is 0 Å². The molecule has 0 saturated heterocycles. The van der Waals surface area contributed by atoms with Gasteiger partial charge >= 0.3 is 6.18 Å². The summed E-state index contributed by atoms with van der Waals surface area (Å²) in [7, 11) is 0. The number of alkyl halides is 3. The summed E-state index contributed by atoms with van der Waals surface area (Å²) in [5.74, 6) is 0.337. The smallest absolute Gasteiger partial charge is 0.361 e. The molecule has 124 valence electrons. The summed E-state index contributed by atoms with van der Waals surface area (Å²) in [6, 6.07) is 7.85. The molecule has 0 saturated carbocycles. The molecule has 7 heteroatoms. The third-order valence-electron chi connectivity index (χ3n) is 3.10. The molecule has 0 fully saturated rings. The van der Waals surface area contributed by atoms with Gasteiger partial charge in [-0.15, -0.1) is 0 Å². The highest BCUT2D eigenvalue weighted by Crippen LogP contribution is 2.22. The Balaban J connectivity index is 2.07. The number of rotatable bonds is 5. The molecule has 0 aliphatic carbocycles. The molecule has 1 heterocycles. The van der Waals surface area contributed by atoms with Crippen molar-refractivity contribution in [2.75, 3.05) is 6.61 Å². The van der Waals surface area contributed by atoms with E-state index < -0.39 is 18.9 Å². The van der Waals surface area contributed by atoms with Crippen molar-refractivity contribution in [1.82, 2.24) is 10.1 Å². The van der Waals surface area contributed by atoms with Crippen LogP contribution in [0.25, 0.3) is 11.6 Å². The van der Waals surface area contributed by atoms with Gasteiger partial charge in [0.2, 0.25) is 5.82 Å². The van der Waals surface area contributed by atoms with Crippen molar-refractivity contribution in [1.29, 1.82) is 0 Å². The van der Waals surface area contributed by atoms with E-state index in [0.29, 0.717) is 0 Å². The maximum atomic E-state index is 12.1. The fourth-order valence-electron chi connectivity index (χ4n) is 1.83. The number of halogens is 3. The van der Waals surface area contributed by atoms with Crippen LogP contribution in [0.1, 0.15) is 42.8 Å². The molecule has 0 aliphatic heterocycles. The quantitative estimate of drug-likeness (QED) is 0.807. The van der Waals surface area contributed by atoms with Crippen LogP contribution in [0.5, 0.6) is 0 Å². The van der Waals surface area contributed by atoms with E-state index in [4.69, 9.17) is 4.52 Å². The van der Waals surface area contributed by atoms with E-state index >= 15 is 0 Å². The second kappa shape index (κ2) is 6.95. The maximum Gasteiger partial charge on any atom is 0.411 e. The van der Waals surface area contributed by atoms with Gasteiger partial charge in [0.1, 0.15) is 12.7 Å². The molecule has 1 atom stereocenters. The summed E-state index contributed by atoms with van der Waals surface area (Å²) in [5.41, 5.74) is 2.83. The minimum Gasteiger partial charge on any atom is -0.361 e. The van der Waals surface area contributed by atoms with Gasteiger partial charge in [-0.1, -0.05) is 35.0 Å². The molecule has 2 rings (SSSR count). The van der Waals surface area contributed by atoms with Crippen molar-refractivity contribution in [2.24, 2.45) is 0 Å². The van der Waals surface area contributed by atoms with Crippen LogP contribution in [-0.4, -0.2) is 22.9 Å². The molecule has 2 aromatic rings. The number of benzene rings is 1. The second-order valence-electron chi connectivity index (χ2n) is 5.26. The summed E-state index contributed by atoms with van der Waals surface area (Å²) < 4.78 is 46.2. The van der Waals surface area contributed by atoms with Gasteiger partial charge < -0.3 is 9.26 Å². The highest BCUT2D eigenvalue weighted by Gasteiger charge is 2.29. The van der Waals surface area contributed by atoms with Gasteiger partial charge in [-0.2, -0.15) is 18.2 Å². The molecular formula is C16H17F3N2O2. The van der Waals surface area contributed by atoms with Crippen LogP contribution >= 0.6 is 0 Å². The van der Waals surface area contributed by atoms with Gasteiger partial charge in [-0.05, 0) is 32.4 Å². The molecule has 0 amide bonds. The number of hydrogen-bond donors (Lipinski definition) is 0. The van der Waals surface area contributed by atoms with Gasteiger partial charge in [0.25, 0.3) is 5.89 Å². The standard InChI is InChI=1S/C16H17F3N2O2/c1-10-4-6-13(7-5-10)8-11(2)15-20-14(21-23-15)12(3)22-9-16(17,18)19/h4-8,12H,9H2,1-3H3/b11-8+. The number of ether oxygens (including phenoxy) is 1. The highest BCUT2D eigenvalue weighted by molar-refractivity contribution is 5.76. The highest BCUT2D eigenvalue weighted by atomic mass is 19.4. The number of hydrogen-bond acceptors (Lipinski definition) is 4. The lowest BCUT2D eigenvalue weighted by Crippen LogP contribution is -2.18. The maximum absolute atomic E-state index is 12.1. The Morgan fingerprint density at radius 3 is 2.57 bits per heavy atom. The van der Waals surface area contributed by atoms with Gasteiger partial charge in [0.15, 0.2) is 0 Å². The van der Waals surface area contributed by atoms with Crippen molar-refractivity contribution >= 4 is 11.6 Å². The molecule has 4 nitrogen and oxygen atoms in total. The van der Waals surface area contributed by atoms with Crippen molar-refractivity contribution in [2.45, 2.75) is 33.1 Å². The van der Waals surface area contributed by atoms with Crippen molar-refractivity contribution in [3.05, 3.63) is 47.1 Å². The largest absolute Gasteiger partial charge is 0.411 e. The van der Waals surface area contributed by atoms with Gasteiger partial charge in [-0.25, -0.2) is 0 Å². The Kier molecular flexibility index (Phi) is 5.20. The Hall–Kier alpha value is -2.15. The number of aryl methyl sites for hydroxylation is 1. The molecule has 1 aromatic carbocycles. The molecule has 1 aromatic heterocycles. The second-order valence-corrected chi connectivity index (χ2v) is 5.26. The topological polar surface area (TPSA) is 48.2 Å². The summed E-state index contributed by atoms with van der Waals surface area (Å²) in [6.07, 6.45) is -3.43. The van der Waals surface area contributed by atoms with E-state index in [-0.39, 0.29) is 11.7 Å². The minimum atomic E-state index is -4.39. The Bertz CT molecular complexity index is 675. The molecule has 23 heavy (non-hydrogen) atoms. The first-order chi connectivity index (χ1) is 10.7. The predicted octanol–water partition coefficient (Wildman–Crippen LogP) is 4.58. The van der Waals surface area contributed by atoms with Crippen LogP contribution in [0, 0.1) is 6.92 Å². The number of allylic oxidation sites excluding steroid dienone is 1. The van der Waals surface area contributed by atoms with Crippen LogP contribution in [0.4, 0.5) is 13.2 Å². The average molecular weight is 326 g/mol. The normalized spacial score (nSPS) is 14.1. The molecule has 0 N–H and O–H groups in total. The first-order valence-corrected chi connectivity index (χ1v) is 7.02. The first kappa shape index (κ1) is 17.2. The minimum absolute atomic E-state index is 0.0842. The Labute approximate surface area is 132 Å². The summed E-state index contributed by atoms with van der Waals surface area (Å²) in [4.78, 5) is 4.09. The number of nitrogens with zero attached hydrogens (tertiary/aromatic N) is 2. The molecule has 0 radical (unpaired) electrons. The van der Waals surface area contributed by atoms with Crippen LogP contribution < -0.4 is 0 Å². The lowest BCUT2D eigenvalue weighted by atomic mass is 10.1. The Morgan fingerprint density at radius 2 is 1.96 bits per heavy atom. The lowest BCUT2D eigenvalue weighted by molar-refractivity contribution is -0.185. The zero-order valence-corrected chi connectivity index (χ0v) is 13.0. The van der Waals surface area contributed by atoms with Crippen LogP contribution in [0.3, 0.4) is 0 Å². The van der Waals surface area contributed by atoms with Crippen LogP contribution in [0.2, 0.25) is 0 Å². The third kappa shape index (κ3) is 5.21. The predicted molar refractivity (Wildman–Crippen MR) is 79.4 cm³/mol. The SMILES string of the molecule is C/C(=C\c1ccc(C)cc1)c1nc(C(C)OCC(F)(F)F)no1. The summed E-state index contributed by atoms with van der Waals surface area (Å²) in [6.45, 7) is 3.88. The van der Waals surface area contributed by atoms with E-state index in [0.717, 1.165) is 16.7 Å². The van der Waals surface area contributed by atoms with E-state index in [1.807, 2.05) is 37.3 Å². The van der Waals surface area contributed by atoms with E-state index in [1.54, 1.807) is 6.92 Å². The average Bonchev–Trinajstić information content (AvgIpc) is 2.96. The van der Waals surface area contributed by atoms with Crippen LogP contribution in [0.15, 0.2) is 28.8 Å². The van der Waals surface area contributed by atoms with Crippen molar-refractivity contribution in [3.63, 3.8) is 0 Å². The third-order valence-corrected chi connectivity index (χ3v) is 3.10. The molecule has 0 spiro atoms. The fraction of sp³-hybridized carbons (Fsp3) is 0.375. The number of aromatic nitrogens is 2. The lowest BCUT2D eigenvalue weighted by Gasteiger charge is -2.10.